The van der Waals surface area contributed by atoms with Crippen molar-refractivity contribution in [3.8, 4) is 0 Å². The highest BCUT2D eigenvalue weighted by Crippen LogP contribution is 2.18. The third kappa shape index (κ3) is 1.98. The van der Waals surface area contributed by atoms with Crippen LogP contribution in [0.2, 0.25) is 0 Å². The van der Waals surface area contributed by atoms with Crippen molar-refractivity contribution in [2.75, 3.05) is 19.6 Å². The van der Waals surface area contributed by atoms with Gasteiger partial charge in [-0.1, -0.05) is 20.3 Å². The second-order valence-corrected chi connectivity index (χ2v) is 3.36. The Balaban J connectivity index is 2.15. The Morgan fingerprint density at radius 3 is 2.70 bits per heavy atom. The van der Waals surface area contributed by atoms with Gasteiger partial charge < -0.3 is 4.90 Å². The van der Waals surface area contributed by atoms with Crippen LogP contribution < -0.4 is 0 Å². The molecule has 1 aliphatic rings. The van der Waals surface area contributed by atoms with Crippen LogP contribution in [0.5, 0.6) is 0 Å². The van der Waals surface area contributed by atoms with E-state index in [1.165, 1.54) is 38.9 Å². The molecule has 0 spiro atoms. The summed E-state index contributed by atoms with van der Waals surface area (Å²) in [7, 11) is 0. The van der Waals surface area contributed by atoms with Crippen molar-refractivity contribution in [1.82, 2.24) is 4.90 Å². The van der Waals surface area contributed by atoms with Gasteiger partial charge in [0.15, 0.2) is 0 Å². The maximum absolute atomic E-state index is 2.59. The van der Waals surface area contributed by atoms with Crippen molar-refractivity contribution >= 4 is 0 Å². The number of hydrogen-bond acceptors (Lipinski definition) is 1. The lowest BCUT2D eigenvalue weighted by Crippen LogP contribution is -2.21. The zero-order chi connectivity index (χ0) is 7.40. The maximum atomic E-state index is 2.59. The topological polar surface area (TPSA) is 3.24 Å². The van der Waals surface area contributed by atoms with Crippen LogP contribution in [-0.4, -0.2) is 24.5 Å². The summed E-state index contributed by atoms with van der Waals surface area (Å²) in [4.78, 5) is 2.59. The van der Waals surface area contributed by atoms with Gasteiger partial charge in [-0.15, -0.1) is 0 Å². The molecule has 0 N–H and O–H groups in total. The van der Waals surface area contributed by atoms with E-state index in [2.05, 4.69) is 18.7 Å². The molecule has 1 atom stereocenters. The van der Waals surface area contributed by atoms with E-state index in [9.17, 15) is 0 Å². The lowest BCUT2D eigenvalue weighted by atomic mass is 10.1. The van der Waals surface area contributed by atoms with Gasteiger partial charge in [0.25, 0.3) is 0 Å². The summed E-state index contributed by atoms with van der Waals surface area (Å²) in [5.74, 6) is 1.01. The van der Waals surface area contributed by atoms with E-state index in [1.54, 1.807) is 0 Å². The first kappa shape index (κ1) is 8.06. The largest absolute Gasteiger partial charge is 0.303 e. The minimum atomic E-state index is 1.01. The second-order valence-electron chi connectivity index (χ2n) is 3.36. The molecule has 1 nitrogen and oxygen atoms in total. The van der Waals surface area contributed by atoms with E-state index in [-0.39, 0.29) is 0 Å². The van der Waals surface area contributed by atoms with Crippen LogP contribution in [0.1, 0.15) is 33.1 Å². The number of rotatable bonds is 3. The highest BCUT2D eigenvalue weighted by Gasteiger charge is 2.19. The Hall–Kier alpha value is -0.0400. The van der Waals surface area contributed by atoms with Gasteiger partial charge >= 0.3 is 0 Å². The van der Waals surface area contributed by atoms with E-state index in [1.807, 2.05) is 0 Å². The van der Waals surface area contributed by atoms with Crippen LogP contribution in [0.15, 0.2) is 0 Å². The van der Waals surface area contributed by atoms with Crippen LogP contribution >= 0.6 is 0 Å². The van der Waals surface area contributed by atoms with Crippen molar-refractivity contribution < 1.29 is 0 Å². The Morgan fingerprint density at radius 1 is 1.40 bits per heavy atom. The molecule has 10 heavy (non-hydrogen) atoms. The van der Waals surface area contributed by atoms with Gasteiger partial charge in [-0.3, -0.25) is 0 Å². The fourth-order valence-corrected chi connectivity index (χ4v) is 1.77. The van der Waals surface area contributed by atoms with Crippen molar-refractivity contribution in [2.45, 2.75) is 33.1 Å². The molecule has 1 heterocycles. The molecule has 0 saturated carbocycles. The van der Waals surface area contributed by atoms with Crippen LogP contribution in [-0.2, 0) is 0 Å². The Bertz CT molecular complexity index is 90.7. The van der Waals surface area contributed by atoms with Gasteiger partial charge in [-0.05, 0) is 31.8 Å². The molecule has 1 aliphatic heterocycles. The van der Waals surface area contributed by atoms with Crippen LogP contribution in [0.3, 0.4) is 0 Å². The maximum Gasteiger partial charge on any atom is 0.00100 e. The molecule has 1 rings (SSSR count). The second kappa shape index (κ2) is 3.97. The summed E-state index contributed by atoms with van der Waals surface area (Å²) < 4.78 is 0. The van der Waals surface area contributed by atoms with Gasteiger partial charge in [0, 0.05) is 6.54 Å². The standard InChI is InChI=1S/C9H19N/c1-3-6-10-7-5-9(4-2)8-10/h9H,3-8H2,1-2H3/t9-/m1/s1. The molecule has 1 fully saturated rings. The highest BCUT2D eigenvalue weighted by molar-refractivity contribution is 4.73. The van der Waals surface area contributed by atoms with Gasteiger partial charge in [0.1, 0.15) is 0 Å². The Kier molecular flexibility index (Phi) is 3.20. The first-order valence-electron chi connectivity index (χ1n) is 4.59. The summed E-state index contributed by atoms with van der Waals surface area (Å²) in [5.41, 5.74) is 0. The van der Waals surface area contributed by atoms with Gasteiger partial charge in [-0.2, -0.15) is 0 Å². The van der Waals surface area contributed by atoms with Crippen molar-refractivity contribution in [3.63, 3.8) is 0 Å². The Morgan fingerprint density at radius 2 is 2.20 bits per heavy atom. The van der Waals surface area contributed by atoms with E-state index in [0.717, 1.165) is 5.92 Å². The molecule has 0 aromatic carbocycles. The molecular formula is C9H19N. The van der Waals surface area contributed by atoms with Crippen molar-refractivity contribution in [3.05, 3.63) is 0 Å². The molecule has 0 aromatic rings. The third-order valence-electron chi connectivity index (χ3n) is 2.49. The zero-order valence-corrected chi connectivity index (χ0v) is 7.27. The van der Waals surface area contributed by atoms with Gasteiger partial charge in [0.2, 0.25) is 0 Å². The molecule has 0 unspecified atom stereocenters. The normalized spacial score (nSPS) is 27.6. The quantitative estimate of drug-likeness (QED) is 0.582. The van der Waals surface area contributed by atoms with E-state index >= 15 is 0 Å². The molecule has 1 heteroatoms. The van der Waals surface area contributed by atoms with Gasteiger partial charge in [-0.25, -0.2) is 0 Å². The van der Waals surface area contributed by atoms with Crippen molar-refractivity contribution in [2.24, 2.45) is 5.92 Å². The molecular weight excluding hydrogens is 122 g/mol. The predicted octanol–water partition coefficient (Wildman–Crippen LogP) is 2.13. The van der Waals surface area contributed by atoms with E-state index < -0.39 is 0 Å². The average Bonchev–Trinajstić information content (AvgIpc) is 2.37. The predicted molar refractivity (Wildman–Crippen MR) is 45.1 cm³/mol. The third-order valence-corrected chi connectivity index (χ3v) is 2.49. The number of likely N-dealkylation sites (tertiary alicyclic amines) is 1. The van der Waals surface area contributed by atoms with Crippen LogP contribution in [0.25, 0.3) is 0 Å². The molecule has 0 aliphatic carbocycles. The lowest BCUT2D eigenvalue weighted by molar-refractivity contribution is 0.323. The van der Waals surface area contributed by atoms with Crippen molar-refractivity contribution in [1.29, 1.82) is 0 Å². The number of hydrogen-bond donors (Lipinski definition) is 0. The summed E-state index contributed by atoms with van der Waals surface area (Å²) in [5, 5.41) is 0. The van der Waals surface area contributed by atoms with Crippen LogP contribution in [0, 0.1) is 5.92 Å². The van der Waals surface area contributed by atoms with E-state index in [4.69, 9.17) is 0 Å². The zero-order valence-electron chi connectivity index (χ0n) is 7.27. The molecule has 0 bridgehead atoms. The minimum absolute atomic E-state index is 1.01. The summed E-state index contributed by atoms with van der Waals surface area (Å²) in [6, 6.07) is 0. The van der Waals surface area contributed by atoms with E-state index in [0.29, 0.717) is 0 Å². The monoisotopic (exact) mass is 141 g/mol. The fraction of sp³-hybridized carbons (Fsp3) is 1.00. The molecule has 60 valence electrons. The number of nitrogens with zero attached hydrogens (tertiary/aromatic N) is 1. The summed E-state index contributed by atoms with van der Waals surface area (Å²) in [6.07, 6.45) is 4.13. The van der Waals surface area contributed by atoms with Crippen LogP contribution in [0.4, 0.5) is 0 Å². The Labute approximate surface area is 64.4 Å². The summed E-state index contributed by atoms with van der Waals surface area (Å²) in [6.45, 7) is 8.60. The molecule has 1 saturated heterocycles. The lowest BCUT2D eigenvalue weighted by Gasteiger charge is -2.13. The van der Waals surface area contributed by atoms with Gasteiger partial charge in [0.05, 0.1) is 0 Å². The fourth-order valence-electron chi connectivity index (χ4n) is 1.77. The SMILES string of the molecule is CCCN1CC[C@@H](CC)C1. The minimum Gasteiger partial charge on any atom is -0.303 e. The smallest absolute Gasteiger partial charge is 0.00100 e. The summed E-state index contributed by atoms with van der Waals surface area (Å²) >= 11 is 0. The molecule has 0 aromatic heterocycles. The average molecular weight is 141 g/mol. The molecule has 0 amide bonds. The molecule has 0 radical (unpaired) electrons. The first-order chi connectivity index (χ1) is 4.86. The first-order valence-corrected chi connectivity index (χ1v) is 4.59. The highest BCUT2D eigenvalue weighted by atomic mass is 15.1.